The van der Waals surface area contributed by atoms with Crippen LogP contribution in [0.25, 0.3) is 0 Å². The van der Waals surface area contributed by atoms with Crippen molar-refractivity contribution in [2.75, 3.05) is 20.1 Å². The minimum absolute atomic E-state index is 0.190. The highest BCUT2D eigenvalue weighted by atomic mass is 16.4. The van der Waals surface area contributed by atoms with E-state index in [1.54, 1.807) is 0 Å². The van der Waals surface area contributed by atoms with Gasteiger partial charge < -0.3 is 20.6 Å². The van der Waals surface area contributed by atoms with Gasteiger partial charge >= 0.3 is 12.0 Å². The Morgan fingerprint density at radius 1 is 1.16 bits per heavy atom. The van der Waals surface area contributed by atoms with Crippen molar-refractivity contribution in [3.8, 4) is 0 Å². The first kappa shape index (κ1) is 17.7. The van der Waals surface area contributed by atoms with Crippen molar-refractivity contribution in [3.63, 3.8) is 0 Å². The Kier molecular flexibility index (Phi) is 8.14. The van der Waals surface area contributed by atoms with Gasteiger partial charge in [0, 0.05) is 26.2 Å². The summed E-state index contributed by atoms with van der Waals surface area (Å²) in [6, 6.07) is -0.242. The summed E-state index contributed by atoms with van der Waals surface area (Å²) < 4.78 is 0. The van der Waals surface area contributed by atoms with Crippen LogP contribution in [0.5, 0.6) is 0 Å². The molecule has 1 atom stereocenters. The Morgan fingerprint density at radius 2 is 1.58 bits per heavy atom. The van der Waals surface area contributed by atoms with E-state index in [-0.39, 0.29) is 6.03 Å². The third-order valence-corrected chi connectivity index (χ3v) is 3.09. The van der Waals surface area contributed by atoms with Gasteiger partial charge in [0.15, 0.2) is 0 Å². The first-order valence-electron chi connectivity index (χ1n) is 6.77. The number of hydrogen-bond acceptors (Lipinski definition) is 3. The highest BCUT2D eigenvalue weighted by Gasteiger charge is 2.20. The number of likely N-dealkylation sites (tertiary alicyclic amines) is 1. The van der Waals surface area contributed by atoms with Crippen LogP contribution in [0.4, 0.5) is 4.79 Å². The molecule has 1 heterocycles. The van der Waals surface area contributed by atoms with E-state index < -0.39 is 12.0 Å². The van der Waals surface area contributed by atoms with Gasteiger partial charge in [-0.15, -0.1) is 0 Å². The van der Waals surface area contributed by atoms with E-state index in [0.717, 1.165) is 25.9 Å². The van der Waals surface area contributed by atoms with Gasteiger partial charge in [-0.2, -0.15) is 0 Å². The number of hydrogen-bond donors (Lipinski definition) is 2. The number of carbonyl (C=O) groups excluding carboxylic acids is 1. The average molecular weight is 273 g/mol. The van der Waals surface area contributed by atoms with Crippen LogP contribution in [0.15, 0.2) is 0 Å². The first-order chi connectivity index (χ1) is 8.77. The van der Waals surface area contributed by atoms with Crippen molar-refractivity contribution in [3.05, 3.63) is 0 Å². The molecule has 0 unspecified atom stereocenters. The van der Waals surface area contributed by atoms with E-state index in [2.05, 4.69) is 0 Å². The molecule has 0 spiro atoms. The number of urea groups is 1. The van der Waals surface area contributed by atoms with Gasteiger partial charge in [0.1, 0.15) is 6.04 Å². The molecule has 0 aromatic heterocycles. The van der Waals surface area contributed by atoms with E-state index in [9.17, 15) is 9.59 Å². The number of carboxylic acids is 1. The maximum Gasteiger partial charge on any atom is 0.320 e. The summed E-state index contributed by atoms with van der Waals surface area (Å²) in [7, 11) is 1.88. The number of aliphatic carboxylic acids is 1. The van der Waals surface area contributed by atoms with E-state index in [0.29, 0.717) is 6.04 Å². The van der Waals surface area contributed by atoms with Crippen molar-refractivity contribution in [2.45, 2.75) is 52.1 Å². The molecular formula is C13H27N3O3. The largest absolute Gasteiger partial charge is 0.480 e. The lowest BCUT2D eigenvalue weighted by Crippen LogP contribution is -2.46. The number of carboxylic acid groups (broad SMARTS) is 1. The molecule has 112 valence electrons. The van der Waals surface area contributed by atoms with Gasteiger partial charge in [-0.25, -0.2) is 4.79 Å². The minimum atomic E-state index is -0.963. The van der Waals surface area contributed by atoms with Crippen LogP contribution in [-0.4, -0.2) is 59.1 Å². The normalized spacial score (nSPS) is 16.4. The molecule has 0 saturated carbocycles. The maximum absolute atomic E-state index is 11.8. The van der Waals surface area contributed by atoms with Crippen LogP contribution < -0.4 is 5.73 Å². The summed E-state index contributed by atoms with van der Waals surface area (Å²) in [5.74, 6) is -0.963. The molecule has 1 fully saturated rings. The molecule has 1 saturated heterocycles. The van der Waals surface area contributed by atoms with E-state index in [1.807, 2.05) is 30.7 Å². The maximum atomic E-state index is 11.8. The lowest BCUT2D eigenvalue weighted by atomic mass is 10.1. The molecule has 1 aliphatic rings. The van der Waals surface area contributed by atoms with Gasteiger partial charge in [0.05, 0.1) is 0 Å². The number of piperidine rings is 1. The van der Waals surface area contributed by atoms with Crippen molar-refractivity contribution < 1.29 is 14.7 Å². The van der Waals surface area contributed by atoms with Crippen LogP contribution >= 0.6 is 0 Å². The van der Waals surface area contributed by atoms with Crippen molar-refractivity contribution in [1.29, 1.82) is 0 Å². The fourth-order valence-corrected chi connectivity index (χ4v) is 1.53. The Balaban J connectivity index is 0.000000459. The smallest absolute Gasteiger partial charge is 0.320 e. The third kappa shape index (κ3) is 7.00. The molecule has 1 aliphatic heterocycles. The zero-order valence-electron chi connectivity index (χ0n) is 12.4. The molecular weight excluding hydrogens is 246 g/mol. The summed E-state index contributed by atoms with van der Waals surface area (Å²) in [6.45, 7) is 7.39. The van der Waals surface area contributed by atoms with Gasteiger partial charge in [0.2, 0.25) is 0 Å². The van der Waals surface area contributed by atoms with Crippen LogP contribution in [0.3, 0.4) is 0 Å². The van der Waals surface area contributed by atoms with E-state index in [1.165, 1.54) is 13.3 Å². The predicted molar refractivity (Wildman–Crippen MR) is 75.0 cm³/mol. The molecule has 0 aromatic rings. The summed E-state index contributed by atoms with van der Waals surface area (Å²) in [5, 5.41) is 7.87. The van der Waals surface area contributed by atoms with E-state index in [4.69, 9.17) is 10.8 Å². The molecule has 0 aromatic carbocycles. The van der Waals surface area contributed by atoms with Crippen molar-refractivity contribution in [2.24, 2.45) is 5.73 Å². The molecule has 6 heteroatoms. The molecule has 1 rings (SSSR count). The molecule has 0 aliphatic carbocycles. The Morgan fingerprint density at radius 3 is 1.89 bits per heavy atom. The summed E-state index contributed by atoms with van der Waals surface area (Å²) in [6.07, 6.45) is 3.60. The number of carbonyl (C=O) groups is 2. The lowest BCUT2D eigenvalue weighted by molar-refractivity contribution is -0.138. The highest BCUT2D eigenvalue weighted by molar-refractivity contribution is 5.74. The molecule has 0 radical (unpaired) electrons. The zero-order valence-corrected chi connectivity index (χ0v) is 12.4. The Labute approximate surface area is 115 Å². The average Bonchev–Trinajstić information content (AvgIpc) is 2.38. The van der Waals surface area contributed by atoms with Crippen LogP contribution in [0, 0.1) is 0 Å². The SMILES string of the molecule is CC(C)N(C)C(=O)N1CCCCC1.C[C@H](N)C(=O)O. The molecule has 2 amide bonds. The molecule has 19 heavy (non-hydrogen) atoms. The standard InChI is InChI=1S/C10H20N2O.C3H7NO2/c1-9(2)11(3)10(13)12-7-5-4-6-8-12;1-2(4)3(5)6/h9H,4-8H2,1-3H3;2H,4H2,1H3,(H,5,6)/t;2-/m.0/s1. The fraction of sp³-hybridized carbons (Fsp3) is 0.846. The minimum Gasteiger partial charge on any atom is -0.480 e. The fourth-order valence-electron chi connectivity index (χ4n) is 1.53. The van der Waals surface area contributed by atoms with Gasteiger partial charge in [-0.05, 0) is 40.0 Å². The van der Waals surface area contributed by atoms with E-state index >= 15 is 0 Å². The van der Waals surface area contributed by atoms with Crippen LogP contribution in [-0.2, 0) is 4.79 Å². The first-order valence-corrected chi connectivity index (χ1v) is 6.77. The van der Waals surface area contributed by atoms with Crippen molar-refractivity contribution >= 4 is 12.0 Å². The second-order valence-electron chi connectivity index (χ2n) is 5.16. The monoisotopic (exact) mass is 273 g/mol. The topological polar surface area (TPSA) is 86.9 Å². The highest BCUT2D eigenvalue weighted by Crippen LogP contribution is 2.11. The zero-order chi connectivity index (χ0) is 15.0. The molecule has 6 nitrogen and oxygen atoms in total. The Hall–Kier alpha value is -1.30. The van der Waals surface area contributed by atoms with Gasteiger partial charge in [-0.1, -0.05) is 0 Å². The number of amides is 2. The summed E-state index contributed by atoms with van der Waals surface area (Å²) in [4.78, 5) is 25.1. The van der Waals surface area contributed by atoms with Crippen LogP contribution in [0.2, 0.25) is 0 Å². The third-order valence-electron chi connectivity index (χ3n) is 3.09. The number of nitrogens with two attached hydrogens (primary N) is 1. The van der Waals surface area contributed by atoms with Crippen LogP contribution in [0.1, 0.15) is 40.0 Å². The van der Waals surface area contributed by atoms with Crippen molar-refractivity contribution in [1.82, 2.24) is 9.80 Å². The predicted octanol–water partition coefficient (Wildman–Crippen LogP) is 1.35. The van der Waals surface area contributed by atoms with Gasteiger partial charge in [-0.3, -0.25) is 4.79 Å². The number of nitrogens with zero attached hydrogens (tertiary/aromatic N) is 2. The quantitative estimate of drug-likeness (QED) is 0.795. The Bertz CT molecular complexity index is 287. The second kappa shape index (κ2) is 8.74. The molecule has 3 N–H and O–H groups in total. The number of rotatable bonds is 2. The lowest BCUT2D eigenvalue weighted by Gasteiger charge is -2.32. The summed E-state index contributed by atoms with van der Waals surface area (Å²) in [5.41, 5.74) is 4.84. The second-order valence-corrected chi connectivity index (χ2v) is 5.16. The summed E-state index contributed by atoms with van der Waals surface area (Å²) >= 11 is 0. The molecule has 0 bridgehead atoms. The van der Waals surface area contributed by atoms with Gasteiger partial charge in [0.25, 0.3) is 0 Å².